The first-order valence-electron chi connectivity index (χ1n) is 4.34. The van der Waals surface area contributed by atoms with E-state index >= 15 is 0 Å². The van der Waals surface area contributed by atoms with Crippen LogP contribution in [0.5, 0.6) is 0 Å². The van der Waals surface area contributed by atoms with Gasteiger partial charge in [-0.25, -0.2) is 0 Å². The second-order valence-electron chi connectivity index (χ2n) is 3.71. The van der Waals surface area contributed by atoms with Crippen LogP contribution in [0.2, 0.25) is 5.02 Å². The van der Waals surface area contributed by atoms with Crippen molar-refractivity contribution in [2.75, 3.05) is 6.61 Å². The molecule has 1 saturated heterocycles. The zero-order chi connectivity index (χ0) is 11.3. The van der Waals surface area contributed by atoms with Crippen molar-refractivity contribution in [1.29, 1.82) is 0 Å². The molecule has 1 aliphatic heterocycles. The van der Waals surface area contributed by atoms with Gasteiger partial charge in [0, 0.05) is 0 Å². The molecule has 1 aromatic rings. The molecule has 0 N–H and O–H groups in total. The predicted octanol–water partition coefficient (Wildman–Crippen LogP) is 3.60. The van der Waals surface area contributed by atoms with Crippen LogP contribution < -0.4 is 0 Å². The molecule has 1 aromatic carbocycles. The molecule has 1 nitrogen and oxygen atoms in total. The minimum atomic E-state index is -4.40. The molecule has 1 heterocycles. The van der Waals surface area contributed by atoms with Gasteiger partial charge in [-0.1, -0.05) is 17.7 Å². The Balaban J connectivity index is 2.39. The van der Waals surface area contributed by atoms with Crippen molar-refractivity contribution in [3.8, 4) is 0 Å². The number of benzene rings is 1. The number of epoxide rings is 1. The van der Waals surface area contributed by atoms with Crippen molar-refractivity contribution >= 4 is 11.6 Å². The van der Waals surface area contributed by atoms with Crippen molar-refractivity contribution < 1.29 is 17.9 Å². The highest BCUT2D eigenvalue weighted by Crippen LogP contribution is 2.41. The topological polar surface area (TPSA) is 12.5 Å². The molecule has 15 heavy (non-hydrogen) atoms. The van der Waals surface area contributed by atoms with E-state index in [-0.39, 0.29) is 5.02 Å². The molecule has 0 spiro atoms. The second kappa shape index (κ2) is 3.12. The lowest BCUT2D eigenvalue weighted by Gasteiger charge is -2.11. The molecule has 0 radical (unpaired) electrons. The van der Waals surface area contributed by atoms with E-state index in [1.807, 2.05) is 6.92 Å². The summed E-state index contributed by atoms with van der Waals surface area (Å²) in [7, 11) is 0. The van der Waals surface area contributed by atoms with Gasteiger partial charge in [0.05, 0.1) is 17.2 Å². The minimum absolute atomic E-state index is 0.281. The predicted molar refractivity (Wildman–Crippen MR) is 49.8 cm³/mol. The van der Waals surface area contributed by atoms with Crippen molar-refractivity contribution in [2.24, 2.45) is 0 Å². The van der Waals surface area contributed by atoms with Gasteiger partial charge in [-0.3, -0.25) is 0 Å². The molecule has 0 saturated carbocycles. The van der Waals surface area contributed by atoms with Crippen LogP contribution in [0.25, 0.3) is 0 Å². The van der Waals surface area contributed by atoms with Crippen LogP contribution in [0.4, 0.5) is 13.2 Å². The number of hydrogen-bond acceptors (Lipinski definition) is 1. The minimum Gasteiger partial charge on any atom is -0.365 e. The van der Waals surface area contributed by atoms with Gasteiger partial charge in [-0.2, -0.15) is 13.2 Å². The number of hydrogen-bond donors (Lipinski definition) is 0. The Morgan fingerprint density at radius 3 is 2.40 bits per heavy atom. The molecule has 2 rings (SSSR count). The third-order valence-electron chi connectivity index (χ3n) is 2.46. The number of alkyl halides is 3. The fraction of sp³-hybridized carbons (Fsp3) is 0.400. The largest absolute Gasteiger partial charge is 0.417 e. The lowest BCUT2D eigenvalue weighted by Crippen LogP contribution is -2.08. The summed E-state index contributed by atoms with van der Waals surface area (Å²) >= 11 is 5.57. The van der Waals surface area contributed by atoms with Crippen LogP contribution in [-0.4, -0.2) is 6.61 Å². The van der Waals surface area contributed by atoms with Crippen LogP contribution in [0.1, 0.15) is 18.1 Å². The first kappa shape index (κ1) is 10.8. The Morgan fingerprint density at radius 1 is 1.40 bits per heavy atom. The van der Waals surface area contributed by atoms with Gasteiger partial charge in [0.1, 0.15) is 5.60 Å². The van der Waals surface area contributed by atoms with Crippen molar-refractivity contribution in [1.82, 2.24) is 0 Å². The van der Waals surface area contributed by atoms with Gasteiger partial charge in [-0.15, -0.1) is 0 Å². The Kier molecular flexibility index (Phi) is 2.24. The van der Waals surface area contributed by atoms with Crippen LogP contribution in [0, 0.1) is 0 Å². The highest BCUT2D eigenvalue weighted by atomic mass is 35.5. The van der Waals surface area contributed by atoms with E-state index in [1.54, 1.807) is 0 Å². The van der Waals surface area contributed by atoms with E-state index in [0.29, 0.717) is 12.2 Å². The van der Waals surface area contributed by atoms with E-state index in [1.165, 1.54) is 12.1 Å². The van der Waals surface area contributed by atoms with Gasteiger partial charge < -0.3 is 4.74 Å². The van der Waals surface area contributed by atoms with Gasteiger partial charge in [0.15, 0.2) is 0 Å². The van der Waals surface area contributed by atoms with Gasteiger partial charge in [0.25, 0.3) is 0 Å². The van der Waals surface area contributed by atoms with Gasteiger partial charge >= 0.3 is 6.18 Å². The summed E-state index contributed by atoms with van der Waals surface area (Å²) in [4.78, 5) is 0. The number of ether oxygens (including phenoxy) is 1. The average molecular weight is 237 g/mol. The molecule has 0 aliphatic carbocycles. The third kappa shape index (κ3) is 1.96. The Bertz CT molecular complexity index is 396. The molecule has 0 aromatic heterocycles. The number of rotatable bonds is 1. The third-order valence-corrected chi connectivity index (χ3v) is 2.78. The second-order valence-corrected chi connectivity index (χ2v) is 4.12. The van der Waals surface area contributed by atoms with E-state index in [9.17, 15) is 13.2 Å². The monoisotopic (exact) mass is 236 g/mol. The van der Waals surface area contributed by atoms with Gasteiger partial charge in [-0.05, 0) is 24.6 Å². The van der Waals surface area contributed by atoms with Crippen molar-refractivity contribution in [3.63, 3.8) is 0 Å². The van der Waals surface area contributed by atoms with Crippen LogP contribution in [-0.2, 0) is 16.5 Å². The molecule has 1 aliphatic rings. The van der Waals surface area contributed by atoms with Crippen molar-refractivity contribution in [3.05, 3.63) is 34.3 Å². The van der Waals surface area contributed by atoms with Crippen LogP contribution in [0.3, 0.4) is 0 Å². The average Bonchev–Trinajstić information content (AvgIpc) is 2.82. The quantitative estimate of drug-likeness (QED) is 0.679. The van der Waals surface area contributed by atoms with E-state index < -0.39 is 17.3 Å². The van der Waals surface area contributed by atoms with Crippen LogP contribution >= 0.6 is 11.6 Å². The van der Waals surface area contributed by atoms with Crippen LogP contribution in [0.15, 0.2) is 18.2 Å². The summed E-state index contributed by atoms with van der Waals surface area (Å²) in [6.07, 6.45) is -4.40. The lowest BCUT2D eigenvalue weighted by molar-refractivity contribution is -0.137. The molecule has 82 valence electrons. The van der Waals surface area contributed by atoms with E-state index in [4.69, 9.17) is 16.3 Å². The Morgan fingerprint density at radius 2 is 2.00 bits per heavy atom. The zero-order valence-electron chi connectivity index (χ0n) is 7.86. The fourth-order valence-corrected chi connectivity index (χ4v) is 1.64. The first-order valence-corrected chi connectivity index (χ1v) is 4.72. The molecule has 1 fully saturated rings. The maximum atomic E-state index is 12.4. The highest BCUT2D eigenvalue weighted by Gasteiger charge is 2.42. The summed E-state index contributed by atoms with van der Waals surface area (Å²) in [5.74, 6) is 0. The molecule has 5 heteroatoms. The molecule has 0 amide bonds. The van der Waals surface area contributed by atoms with Gasteiger partial charge in [0.2, 0.25) is 0 Å². The standard InChI is InChI=1S/C10H8ClF3O/c1-9(5-15-9)6-2-3-7(8(11)4-6)10(12,13)14/h2-4H,5H2,1H3. The van der Waals surface area contributed by atoms with E-state index in [2.05, 4.69) is 0 Å². The zero-order valence-corrected chi connectivity index (χ0v) is 8.62. The van der Waals surface area contributed by atoms with E-state index in [0.717, 1.165) is 6.07 Å². The molecule has 1 atom stereocenters. The molecular weight excluding hydrogens is 229 g/mol. The smallest absolute Gasteiger partial charge is 0.365 e. The fourth-order valence-electron chi connectivity index (χ4n) is 1.35. The Labute approximate surface area is 89.8 Å². The summed E-state index contributed by atoms with van der Waals surface area (Å²) < 4.78 is 42.3. The molecule has 0 bridgehead atoms. The molecular formula is C10H8ClF3O. The maximum absolute atomic E-state index is 12.4. The lowest BCUT2D eigenvalue weighted by atomic mass is 10.0. The first-order chi connectivity index (χ1) is 6.83. The molecule has 1 unspecified atom stereocenters. The number of halogens is 4. The summed E-state index contributed by atoms with van der Waals surface area (Å²) in [6, 6.07) is 3.71. The Hall–Kier alpha value is -0.740. The highest BCUT2D eigenvalue weighted by molar-refractivity contribution is 6.31. The summed E-state index contributed by atoms with van der Waals surface area (Å²) in [6.45, 7) is 2.33. The summed E-state index contributed by atoms with van der Waals surface area (Å²) in [5.41, 5.74) is -0.578. The maximum Gasteiger partial charge on any atom is 0.417 e. The van der Waals surface area contributed by atoms with Crippen molar-refractivity contribution in [2.45, 2.75) is 18.7 Å². The SMILES string of the molecule is CC1(c2ccc(C(F)(F)F)c(Cl)c2)CO1. The summed E-state index contributed by atoms with van der Waals surface area (Å²) in [5, 5.41) is -0.281. The normalized spacial score (nSPS) is 25.4.